The summed E-state index contributed by atoms with van der Waals surface area (Å²) in [5.41, 5.74) is -1.25. The van der Waals surface area contributed by atoms with Gasteiger partial charge >= 0.3 is 5.97 Å². The van der Waals surface area contributed by atoms with E-state index in [1.807, 2.05) is 0 Å². The number of aromatic amines is 1. The number of aliphatic hydroxyl groups is 1. The van der Waals surface area contributed by atoms with Crippen LogP contribution in [-0.4, -0.2) is 45.5 Å². The molecule has 0 amide bonds. The number of carbonyl (C=O) groups is 1. The van der Waals surface area contributed by atoms with Crippen LogP contribution in [0.25, 0.3) is 0 Å². The second kappa shape index (κ2) is 6.68. The molecular formula is C13H18N2O6. The quantitative estimate of drug-likeness (QED) is 0.681. The van der Waals surface area contributed by atoms with E-state index in [0.717, 1.165) is 12.8 Å². The molecule has 21 heavy (non-hydrogen) atoms. The Morgan fingerprint density at radius 3 is 2.95 bits per heavy atom. The molecule has 8 nitrogen and oxygen atoms in total. The number of aromatic nitrogens is 2. The molecule has 3 N–H and O–H groups in total. The molecule has 0 radical (unpaired) electrons. The van der Waals surface area contributed by atoms with Crippen LogP contribution in [0.5, 0.6) is 5.75 Å². The molecular weight excluding hydrogens is 280 g/mol. The number of nitrogens with one attached hydrogen (secondary N) is 1. The van der Waals surface area contributed by atoms with E-state index < -0.39 is 29.1 Å². The van der Waals surface area contributed by atoms with Crippen molar-refractivity contribution >= 4 is 5.97 Å². The highest BCUT2D eigenvalue weighted by atomic mass is 16.5. The van der Waals surface area contributed by atoms with Crippen molar-refractivity contribution in [3.8, 4) is 5.75 Å². The number of aliphatic hydroxyl groups excluding tert-OH is 1. The predicted octanol–water partition coefficient (Wildman–Crippen LogP) is 0.255. The topological polar surface area (TPSA) is 122 Å². The first-order chi connectivity index (χ1) is 10.1. The van der Waals surface area contributed by atoms with Crippen LogP contribution in [0.2, 0.25) is 0 Å². The minimum Gasteiger partial charge on any atom is -0.501 e. The molecule has 2 heterocycles. The van der Waals surface area contributed by atoms with Crippen LogP contribution < -0.4 is 5.56 Å². The van der Waals surface area contributed by atoms with Crippen LogP contribution in [-0.2, 0) is 9.47 Å². The number of ether oxygens (including phenoxy) is 2. The molecule has 1 aromatic heterocycles. The van der Waals surface area contributed by atoms with Gasteiger partial charge in [-0.25, -0.2) is 9.78 Å². The van der Waals surface area contributed by atoms with E-state index in [-0.39, 0.29) is 25.1 Å². The number of aromatic hydroxyl groups is 1. The molecule has 2 rings (SSSR count). The Labute approximate surface area is 120 Å². The smallest absolute Gasteiger partial charge is 0.361 e. The standard InChI is InChI=1S/C13H18N2O6/c1-2-20-13(19)9-10(17)12(18)15-11(14-9)8-5-3-4-7(6-16)21-8/h7-8,16-17H,2-6H2,1H3,(H,14,15,18)/t7-,8+/m0/s1. The average molecular weight is 298 g/mol. The van der Waals surface area contributed by atoms with Gasteiger partial charge in [-0.15, -0.1) is 0 Å². The highest BCUT2D eigenvalue weighted by Crippen LogP contribution is 2.29. The summed E-state index contributed by atoms with van der Waals surface area (Å²) >= 11 is 0. The molecule has 8 heteroatoms. The number of rotatable bonds is 4. The molecule has 0 bridgehead atoms. The number of carbonyl (C=O) groups excluding carboxylic acids is 1. The third-order valence-electron chi connectivity index (χ3n) is 3.24. The Hall–Kier alpha value is -1.93. The molecule has 1 fully saturated rings. The maximum absolute atomic E-state index is 11.7. The van der Waals surface area contributed by atoms with Crippen molar-refractivity contribution in [2.24, 2.45) is 0 Å². The van der Waals surface area contributed by atoms with E-state index in [1.54, 1.807) is 6.92 Å². The zero-order valence-corrected chi connectivity index (χ0v) is 11.7. The highest BCUT2D eigenvalue weighted by Gasteiger charge is 2.27. The molecule has 1 saturated heterocycles. The van der Waals surface area contributed by atoms with Gasteiger partial charge < -0.3 is 24.7 Å². The van der Waals surface area contributed by atoms with Gasteiger partial charge in [-0.2, -0.15) is 0 Å². The third-order valence-corrected chi connectivity index (χ3v) is 3.24. The van der Waals surface area contributed by atoms with Crippen molar-refractivity contribution in [1.82, 2.24) is 9.97 Å². The minimum atomic E-state index is -0.864. The molecule has 2 atom stereocenters. The first-order valence-corrected chi connectivity index (χ1v) is 6.83. The molecule has 1 aliphatic rings. The number of H-pyrrole nitrogens is 1. The van der Waals surface area contributed by atoms with Crippen molar-refractivity contribution in [2.75, 3.05) is 13.2 Å². The first kappa shape index (κ1) is 15.5. The second-order valence-electron chi connectivity index (χ2n) is 4.73. The lowest BCUT2D eigenvalue weighted by Gasteiger charge is -2.28. The van der Waals surface area contributed by atoms with Gasteiger partial charge in [-0.3, -0.25) is 4.79 Å². The summed E-state index contributed by atoms with van der Waals surface area (Å²) in [6.45, 7) is 1.59. The summed E-state index contributed by atoms with van der Waals surface area (Å²) < 4.78 is 10.3. The van der Waals surface area contributed by atoms with E-state index in [9.17, 15) is 14.7 Å². The molecule has 116 valence electrons. The van der Waals surface area contributed by atoms with Gasteiger partial charge in [0.2, 0.25) is 5.75 Å². The Balaban J connectivity index is 2.32. The SMILES string of the molecule is CCOC(=O)c1nc([C@H]2CCC[C@@H](CO)O2)[nH]c(=O)c1O. The van der Waals surface area contributed by atoms with E-state index in [2.05, 4.69) is 9.97 Å². The predicted molar refractivity (Wildman–Crippen MR) is 71.0 cm³/mol. The Kier molecular flexibility index (Phi) is 4.92. The second-order valence-corrected chi connectivity index (χ2v) is 4.73. The largest absolute Gasteiger partial charge is 0.501 e. The van der Waals surface area contributed by atoms with Crippen molar-refractivity contribution in [1.29, 1.82) is 0 Å². The molecule has 0 saturated carbocycles. The minimum absolute atomic E-state index is 0.106. The van der Waals surface area contributed by atoms with Crippen LogP contribution in [0.1, 0.15) is 48.6 Å². The number of hydrogen-bond acceptors (Lipinski definition) is 7. The molecule has 0 aliphatic carbocycles. The van der Waals surface area contributed by atoms with E-state index in [0.29, 0.717) is 6.42 Å². The maximum Gasteiger partial charge on any atom is 0.361 e. The summed E-state index contributed by atoms with van der Waals surface area (Å²) in [7, 11) is 0. The van der Waals surface area contributed by atoms with Gasteiger partial charge in [0, 0.05) is 0 Å². The van der Waals surface area contributed by atoms with E-state index in [4.69, 9.17) is 14.6 Å². The Morgan fingerprint density at radius 2 is 2.29 bits per heavy atom. The normalized spacial score (nSPS) is 22.0. The molecule has 0 aromatic carbocycles. The lowest BCUT2D eigenvalue weighted by molar-refractivity contribution is -0.0773. The summed E-state index contributed by atoms with van der Waals surface area (Å²) in [5, 5.41) is 18.8. The first-order valence-electron chi connectivity index (χ1n) is 6.83. The lowest BCUT2D eigenvalue weighted by atomic mass is 10.0. The third kappa shape index (κ3) is 3.40. The molecule has 0 spiro atoms. The van der Waals surface area contributed by atoms with Crippen molar-refractivity contribution in [3.63, 3.8) is 0 Å². The van der Waals surface area contributed by atoms with Crippen LogP contribution in [0.4, 0.5) is 0 Å². The average Bonchev–Trinajstić information content (AvgIpc) is 2.50. The summed E-state index contributed by atoms with van der Waals surface area (Å²) in [6, 6.07) is 0. The Morgan fingerprint density at radius 1 is 1.52 bits per heavy atom. The van der Waals surface area contributed by atoms with Gasteiger partial charge in [0.15, 0.2) is 5.69 Å². The number of nitrogens with zero attached hydrogens (tertiary/aromatic N) is 1. The monoisotopic (exact) mass is 298 g/mol. The van der Waals surface area contributed by atoms with Crippen molar-refractivity contribution in [3.05, 3.63) is 21.9 Å². The zero-order chi connectivity index (χ0) is 15.4. The van der Waals surface area contributed by atoms with E-state index in [1.165, 1.54) is 0 Å². The number of hydrogen-bond donors (Lipinski definition) is 3. The maximum atomic E-state index is 11.7. The van der Waals surface area contributed by atoms with Crippen LogP contribution in [0.15, 0.2) is 4.79 Å². The summed E-state index contributed by atoms with van der Waals surface area (Å²) in [6.07, 6.45) is 1.27. The summed E-state index contributed by atoms with van der Waals surface area (Å²) in [4.78, 5) is 29.8. The fraction of sp³-hybridized carbons (Fsp3) is 0.615. The van der Waals surface area contributed by atoms with Crippen molar-refractivity contribution < 1.29 is 24.5 Å². The molecule has 0 unspecified atom stereocenters. The molecule has 1 aliphatic heterocycles. The van der Waals surface area contributed by atoms with Crippen LogP contribution in [0, 0.1) is 0 Å². The van der Waals surface area contributed by atoms with E-state index >= 15 is 0 Å². The van der Waals surface area contributed by atoms with Gasteiger partial charge in [0.25, 0.3) is 5.56 Å². The van der Waals surface area contributed by atoms with Crippen molar-refractivity contribution in [2.45, 2.75) is 38.4 Å². The van der Waals surface area contributed by atoms with Crippen LogP contribution >= 0.6 is 0 Å². The van der Waals surface area contributed by atoms with Crippen LogP contribution in [0.3, 0.4) is 0 Å². The highest BCUT2D eigenvalue weighted by molar-refractivity contribution is 5.89. The van der Waals surface area contributed by atoms with Gasteiger partial charge in [-0.05, 0) is 26.2 Å². The molecule has 1 aromatic rings. The van der Waals surface area contributed by atoms with Gasteiger partial charge in [-0.1, -0.05) is 0 Å². The fourth-order valence-electron chi connectivity index (χ4n) is 2.21. The Bertz CT molecular complexity index is 570. The van der Waals surface area contributed by atoms with Gasteiger partial charge in [0.1, 0.15) is 11.9 Å². The summed E-state index contributed by atoms with van der Waals surface area (Å²) in [5.74, 6) is -1.48. The lowest BCUT2D eigenvalue weighted by Crippen LogP contribution is -2.28. The number of esters is 1. The zero-order valence-electron chi connectivity index (χ0n) is 11.7. The fourth-order valence-corrected chi connectivity index (χ4v) is 2.21. The van der Waals surface area contributed by atoms with Gasteiger partial charge in [0.05, 0.1) is 19.3 Å².